The van der Waals surface area contributed by atoms with Crippen LogP contribution < -0.4 is 11.1 Å². The topological polar surface area (TPSA) is 41.3 Å². The van der Waals surface area contributed by atoms with Crippen molar-refractivity contribution in [1.29, 1.82) is 0 Å². The first-order chi connectivity index (χ1) is 10.2. The molecule has 0 amide bonds. The Morgan fingerprint density at radius 3 is 2.90 bits per heavy atom. The lowest BCUT2D eigenvalue weighted by Crippen LogP contribution is -2.23. The summed E-state index contributed by atoms with van der Waals surface area (Å²) in [7, 11) is 0. The maximum atomic E-state index is 5.94. The normalized spacial score (nSPS) is 18.9. The largest absolute Gasteiger partial charge is 0.389 e. The number of anilines is 1. The highest BCUT2D eigenvalue weighted by atomic mass is 32.2. The van der Waals surface area contributed by atoms with Gasteiger partial charge in [-0.2, -0.15) is 0 Å². The molecule has 0 saturated carbocycles. The standard InChI is InChI=1S/C16H25N3S2/c1-3-19-9-8-12(11-19)10-18-13-6-5-7-14(21-4-2)15(13)16(17)20/h5-7,12,18H,3-4,8-11H2,1-2H3,(H2,17,20). The number of thiocarbonyl (C=S) groups is 1. The van der Waals surface area contributed by atoms with Crippen molar-refractivity contribution >= 4 is 34.7 Å². The van der Waals surface area contributed by atoms with Crippen LogP contribution in [0.3, 0.4) is 0 Å². The molecule has 5 heteroatoms. The van der Waals surface area contributed by atoms with Gasteiger partial charge in [-0.25, -0.2) is 0 Å². The second-order valence-electron chi connectivity index (χ2n) is 5.40. The molecule has 3 nitrogen and oxygen atoms in total. The number of hydrogen-bond acceptors (Lipinski definition) is 4. The minimum atomic E-state index is 0.482. The average molecular weight is 324 g/mol. The van der Waals surface area contributed by atoms with Crippen molar-refractivity contribution in [3.63, 3.8) is 0 Å². The molecule has 1 unspecified atom stereocenters. The fourth-order valence-electron chi connectivity index (χ4n) is 2.83. The molecule has 1 atom stereocenters. The highest BCUT2D eigenvalue weighted by Gasteiger charge is 2.21. The quantitative estimate of drug-likeness (QED) is 0.596. The number of hydrogen-bond donors (Lipinski definition) is 2. The molecule has 1 aromatic rings. The van der Waals surface area contributed by atoms with E-state index in [1.165, 1.54) is 24.4 Å². The van der Waals surface area contributed by atoms with Crippen molar-refractivity contribution in [3.8, 4) is 0 Å². The zero-order valence-corrected chi connectivity index (χ0v) is 14.5. The van der Waals surface area contributed by atoms with Gasteiger partial charge in [-0.1, -0.05) is 32.1 Å². The number of rotatable bonds is 7. The predicted molar refractivity (Wildman–Crippen MR) is 97.4 cm³/mol. The lowest BCUT2D eigenvalue weighted by atomic mass is 10.1. The maximum Gasteiger partial charge on any atom is 0.107 e. The molecule has 2 rings (SSSR count). The SMILES string of the molecule is CCSc1cccc(NCC2CCN(CC)C2)c1C(N)=S. The van der Waals surface area contributed by atoms with E-state index in [-0.39, 0.29) is 0 Å². The van der Waals surface area contributed by atoms with Crippen LogP contribution in [0.1, 0.15) is 25.8 Å². The fraction of sp³-hybridized carbons (Fsp3) is 0.562. The molecular weight excluding hydrogens is 298 g/mol. The number of nitrogens with zero attached hydrogens (tertiary/aromatic N) is 1. The van der Waals surface area contributed by atoms with Crippen LogP contribution in [0.5, 0.6) is 0 Å². The minimum Gasteiger partial charge on any atom is -0.389 e. The molecule has 0 aromatic heterocycles. The predicted octanol–water partition coefficient (Wildman–Crippen LogP) is 3.19. The van der Waals surface area contributed by atoms with Crippen molar-refractivity contribution in [1.82, 2.24) is 4.90 Å². The molecule has 0 bridgehead atoms. The van der Waals surface area contributed by atoms with Gasteiger partial charge in [0.2, 0.25) is 0 Å². The van der Waals surface area contributed by atoms with Gasteiger partial charge in [0.15, 0.2) is 0 Å². The monoisotopic (exact) mass is 323 g/mol. The molecule has 1 aliphatic heterocycles. The third-order valence-electron chi connectivity index (χ3n) is 3.97. The van der Waals surface area contributed by atoms with Crippen LogP contribution in [0.4, 0.5) is 5.69 Å². The van der Waals surface area contributed by atoms with Gasteiger partial charge in [-0.05, 0) is 43.3 Å². The highest BCUT2D eigenvalue weighted by molar-refractivity contribution is 7.99. The van der Waals surface area contributed by atoms with E-state index in [0.29, 0.717) is 10.9 Å². The summed E-state index contributed by atoms with van der Waals surface area (Å²) in [4.78, 5) is 4.16. The van der Waals surface area contributed by atoms with E-state index in [0.717, 1.165) is 30.1 Å². The van der Waals surface area contributed by atoms with E-state index < -0.39 is 0 Å². The number of benzene rings is 1. The Morgan fingerprint density at radius 2 is 2.29 bits per heavy atom. The highest BCUT2D eigenvalue weighted by Crippen LogP contribution is 2.29. The van der Waals surface area contributed by atoms with Gasteiger partial charge in [0.25, 0.3) is 0 Å². The molecule has 1 aromatic carbocycles. The first kappa shape index (κ1) is 16.6. The summed E-state index contributed by atoms with van der Waals surface area (Å²) in [5, 5.41) is 3.57. The second kappa shape index (κ2) is 8.01. The lowest BCUT2D eigenvalue weighted by Gasteiger charge is -2.18. The zero-order valence-electron chi connectivity index (χ0n) is 12.9. The van der Waals surface area contributed by atoms with Gasteiger partial charge in [0, 0.05) is 29.2 Å². The molecule has 0 aliphatic carbocycles. The summed E-state index contributed by atoms with van der Waals surface area (Å²) >= 11 is 7.04. The third kappa shape index (κ3) is 4.34. The maximum absolute atomic E-state index is 5.94. The summed E-state index contributed by atoms with van der Waals surface area (Å²) < 4.78 is 0. The Hall–Kier alpha value is -0.780. The minimum absolute atomic E-state index is 0.482. The third-order valence-corrected chi connectivity index (χ3v) is 5.11. The number of nitrogens with one attached hydrogen (secondary N) is 1. The van der Waals surface area contributed by atoms with Crippen molar-refractivity contribution in [2.45, 2.75) is 25.2 Å². The summed E-state index contributed by atoms with van der Waals surface area (Å²) in [6.07, 6.45) is 1.27. The molecule has 21 heavy (non-hydrogen) atoms. The van der Waals surface area contributed by atoms with Gasteiger partial charge < -0.3 is 16.0 Å². The number of thioether (sulfide) groups is 1. The van der Waals surface area contributed by atoms with Gasteiger partial charge in [0.1, 0.15) is 4.99 Å². The van der Waals surface area contributed by atoms with Crippen LogP contribution >= 0.6 is 24.0 Å². The molecule has 1 fully saturated rings. The average Bonchev–Trinajstić information content (AvgIpc) is 2.93. The Balaban J connectivity index is 2.05. The summed E-state index contributed by atoms with van der Waals surface area (Å²) in [5.41, 5.74) is 8.03. The molecule has 1 saturated heterocycles. The fourth-order valence-corrected chi connectivity index (χ4v) is 3.96. The van der Waals surface area contributed by atoms with Crippen molar-refractivity contribution in [2.24, 2.45) is 11.7 Å². The van der Waals surface area contributed by atoms with Crippen molar-refractivity contribution < 1.29 is 0 Å². The van der Waals surface area contributed by atoms with Crippen molar-refractivity contribution in [3.05, 3.63) is 23.8 Å². The van der Waals surface area contributed by atoms with E-state index in [1.54, 1.807) is 11.8 Å². The Bertz CT molecular complexity index is 490. The van der Waals surface area contributed by atoms with E-state index in [1.807, 2.05) is 0 Å². The molecule has 116 valence electrons. The Labute approximate surface area is 137 Å². The molecule has 1 heterocycles. The van der Waals surface area contributed by atoms with Crippen molar-refractivity contribution in [2.75, 3.05) is 37.2 Å². The van der Waals surface area contributed by atoms with E-state index in [4.69, 9.17) is 18.0 Å². The van der Waals surface area contributed by atoms with Crippen LogP contribution in [-0.4, -0.2) is 41.8 Å². The van der Waals surface area contributed by atoms with Gasteiger partial charge in [-0.3, -0.25) is 0 Å². The number of nitrogens with two attached hydrogens (primary N) is 1. The summed E-state index contributed by atoms with van der Waals surface area (Å²) in [5.74, 6) is 1.74. The first-order valence-electron chi connectivity index (χ1n) is 7.67. The molecule has 3 N–H and O–H groups in total. The molecular formula is C16H25N3S2. The molecule has 0 spiro atoms. The lowest BCUT2D eigenvalue weighted by molar-refractivity contribution is 0.345. The number of likely N-dealkylation sites (tertiary alicyclic amines) is 1. The van der Waals surface area contributed by atoms with Gasteiger partial charge in [-0.15, -0.1) is 11.8 Å². The van der Waals surface area contributed by atoms with Crippen LogP contribution in [0.25, 0.3) is 0 Å². The van der Waals surface area contributed by atoms with Crippen LogP contribution in [-0.2, 0) is 0 Å². The van der Waals surface area contributed by atoms with E-state index in [9.17, 15) is 0 Å². The molecule has 1 aliphatic rings. The first-order valence-corrected chi connectivity index (χ1v) is 9.06. The van der Waals surface area contributed by atoms with Crippen LogP contribution in [0.15, 0.2) is 23.1 Å². The van der Waals surface area contributed by atoms with E-state index in [2.05, 4.69) is 42.3 Å². The Morgan fingerprint density at radius 1 is 1.48 bits per heavy atom. The van der Waals surface area contributed by atoms with E-state index >= 15 is 0 Å². The summed E-state index contributed by atoms with van der Waals surface area (Å²) in [6, 6.07) is 6.26. The smallest absolute Gasteiger partial charge is 0.107 e. The Kier molecular flexibility index (Phi) is 6.33. The van der Waals surface area contributed by atoms with Gasteiger partial charge >= 0.3 is 0 Å². The van der Waals surface area contributed by atoms with Gasteiger partial charge in [0.05, 0.1) is 0 Å². The van der Waals surface area contributed by atoms with Crippen LogP contribution in [0.2, 0.25) is 0 Å². The second-order valence-corrected chi connectivity index (χ2v) is 7.15. The molecule has 0 radical (unpaired) electrons. The zero-order chi connectivity index (χ0) is 15.2. The summed E-state index contributed by atoms with van der Waals surface area (Å²) in [6.45, 7) is 8.92. The van der Waals surface area contributed by atoms with Crippen LogP contribution in [0, 0.1) is 5.92 Å².